The van der Waals surface area contributed by atoms with E-state index in [4.69, 9.17) is 14.7 Å². The van der Waals surface area contributed by atoms with Gasteiger partial charge >= 0.3 is 0 Å². The number of nitrogens with zero attached hydrogens (tertiary/aromatic N) is 3. The van der Waals surface area contributed by atoms with Crippen LogP contribution in [-0.4, -0.2) is 40.9 Å². The number of ether oxygens (including phenoxy) is 1. The minimum atomic E-state index is 0.211. The monoisotopic (exact) mass is 411 g/mol. The summed E-state index contributed by atoms with van der Waals surface area (Å²) in [7, 11) is 0. The number of aliphatic hydroxyl groups is 1. The maximum atomic E-state index is 9.59. The Bertz CT molecular complexity index is 982. The normalized spacial score (nSPS) is 17.1. The number of hydrogen-bond acceptors (Lipinski definition) is 6. The highest BCUT2D eigenvalue weighted by atomic mass is 32.1. The van der Waals surface area contributed by atoms with Crippen LogP contribution in [0.25, 0.3) is 21.3 Å². The summed E-state index contributed by atoms with van der Waals surface area (Å²) in [6, 6.07) is 8.66. The number of piperidine rings is 1. The van der Waals surface area contributed by atoms with E-state index in [9.17, 15) is 5.11 Å². The summed E-state index contributed by atoms with van der Waals surface area (Å²) in [5.74, 6) is 2.72. The van der Waals surface area contributed by atoms with Crippen LogP contribution in [0.5, 0.6) is 5.75 Å². The van der Waals surface area contributed by atoms with Crippen LogP contribution >= 0.6 is 11.3 Å². The smallest absolute Gasteiger partial charge is 0.141 e. The Morgan fingerprint density at radius 1 is 1.17 bits per heavy atom. The molecule has 0 radical (unpaired) electrons. The summed E-state index contributed by atoms with van der Waals surface area (Å²) in [4.78, 5) is 14.4. The van der Waals surface area contributed by atoms with Gasteiger partial charge in [-0.2, -0.15) is 0 Å². The van der Waals surface area contributed by atoms with Gasteiger partial charge in [-0.05, 0) is 64.2 Å². The molecule has 1 atom stereocenters. The molecule has 1 N–H and O–H groups in total. The maximum absolute atomic E-state index is 9.59. The highest BCUT2D eigenvalue weighted by molar-refractivity contribution is 7.19. The van der Waals surface area contributed by atoms with Crippen molar-refractivity contribution in [1.29, 1.82) is 0 Å². The fourth-order valence-corrected chi connectivity index (χ4v) is 5.45. The topological polar surface area (TPSA) is 58.5 Å². The first-order valence-corrected chi connectivity index (χ1v) is 11.3. The number of benzene rings is 1. The van der Waals surface area contributed by atoms with E-state index >= 15 is 0 Å². The quantitative estimate of drug-likeness (QED) is 0.610. The second kappa shape index (κ2) is 8.67. The molecule has 2 aromatic heterocycles. The van der Waals surface area contributed by atoms with Crippen molar-refractivity contribution in [1.82, 2.24) is 9.97 Å². The van der Waals surface area contributed by atoms with E-state index in [1.165, 1.54) is 22.4 Å². The van der Waals surface area contributed by atoms with E-state index in [0.717, 1.165) is 53.4 Å². The number of thiophene rings is 1. The Hall–Kier alpha value is -2.18. The molecule has 0 spiro atoms. The molecule has 5 nitrogen and oxygen atoms in total. The van der Waals surface area contributed by atoms with E-state index in [1.807, 2.05) is 26.0 Å². The van der Waals surface area contributed by atoms with E-state index in [2.05, 4.69) is 24.0 Å². The van der Waals surface area contributed by atoms with Crippen LogP contribution in [0.3, 0.4) is 0 Å². The molecule has 29 heavy (non-hydrogen) atoms. The van der Waals surface area contributed by atoms with Gasteiger partial charge in [0.05, 0.1) is 12.0 Å². The Kier molecular flexibility index (Phi) is 6.01. The van der Waals surface area contributed by atoms with Crippen LogP contribution in [0.2, 0.25) is 0 Å². The molecular weight excluding hydrogens is 382 g/mol. The van der Waals surface area contributed by atoms with Gasteiger partial charge in [0.15, 0.2) is 0 Å². The summed E-state index contributed by atoms with van der Waals surface area (Å²) in [6.07, 6.45) is 4.26. The third kappa shape index (κ3) is 3.96. The van der Waals surface area contributed by atoms with Crippen molar-refractivity contribution >= 4 is 27.4 Å². The van der Waals surface area contributed by atoms with E-state index in [-0.39, 0.29) is 6.61 Å². The first kappa shape index (κ1) is 20.1. The Labute approximate surface area is 176 Å². The fraction of sp³-hybridized carbons (Fsp3) is 0.478. The number of fused-ring (bicyclic) bond motifs is 1. The van der Waals surface area contributed by atoms with Gasteiger partial charge in [-0.25, -0.2) is 9.97 Å². The van der Waals surface area contributed by atoms with Crippen molar-refractivity contribution in [2.24, 2.45) is 0 Å². The van der Waals surface area contributed by atoms with Gasteiger partial charge in [0.25, 0.3) is 0 Å². The van der Waals surface area contributed by atoms with Crippen LogP contribution < -0.4 is 9.64 Å². The molecule has 0 aliphatic carbocycles. The van der Waals surface area contributed by atoms with Crippen molar-refractivity contribution in [3.8, 4) is 16.9 Å². The fourth-order valence-electron chi connectivity index (χ4n) is 4.37. The van der Waals surface area contributed by atoms with Crippen molar-refractivity contribution in [2.45, 2.75) is 52.5 Å². The molecule has 1 aromatic carbocycles. The summed E-state index contributed by atoms with van der Waals surface area (Å²) in [6.45, 7) is 7.99. The van der Waals surface area contributed by atoms with Gasteiger partial charge in [0, 0.05) is 29.6 Å². The van der Waals surface area contributed by atoms with Crippen LogP contribution in [0.1, 0.15) is 43.3 Å². The SMILES string of the molecule is CCOc1ccc(-c2c(C)sc3nc(C)nc(N4CCCCC4CCO)c23)cc1. The summed E-state index contributed by atoms with van der Waals surface area (Å²) in [5, 5.41) is 10.7. The molecule has 0 amide bonds. The first-order valence-electron chi connectivity index (χ1n) is 10.5. The highest BCUT2D eigenvalue weighted by Crippen LogP contribution is 2.43. The van der Waals surface area contributed by atoms with Gasteiger partial charge in [-0.1, -0.05) is 12.1 Å². The van der Waals surface area contributed by atoms with E-state index in [0.29, 0.717) is 12.6 Å². The van der Waals surface area contributed by atoms with Crippen molar-refractivity contribution in [3.63, 3.8) is 0 Å². The Morgan fingerprint density at radius 3 is 2.69 bits per heavy atom. The third-order valence-electron chi connectivity index (χ3n) is 5.64. The van der Waals surface area contributed by atoms with Crippen molar-refractivity contribution < 1.29 is 9.84 Å². The molecule has 3 aromatic rings. The van der Waals surface area contributed by atoms with Crippen LogP contribution in [0.15, 0.2) is 24.3 Å². The van der Waals surface area contributed by atoms with Gasteiger partial charge in [-0.3, -0.25) is 0 Å². The maximum Gasteiger partial charge on any atom is 0.141 e. The Morgan fingerprint density at radius 2 is 1.97 bits per heavy atom. The van der Waals surface area contributed by atoms with Crippen LogP contribution in [-0.2, 0) is 0 Å². The Balaban J connectivity index is 1.86. The molecule has 0 bridgehead atoms. The lowest BCUT2D eigenvalue weighted by atomic mass is 9.98. The zero-order chi connectivity index (χ0) is 20.4. The number of rotatable bonds is 6. The van der Waals surface area contributed by atoms with E-state index < -0.39 is 0 Å². The number of aliphatic hydroxyl groups excluding tert-OH is 1. The lowest BCUT2D eigenvalue weighted by molar-refractivity contribution is 0.262. The van der Waals surface area contributed by atoms with E-state index in [1.54, 1.807) is 11.3 Å². The third-order valence-corrected chi connectivity index (χ3v) is 6.63. The highest BCUT2D eigenvalue weighted by Gasteiger charge is 2.28. The predicted octanol–water partition coefficient (Wildman–Crippen LogP) is 5.12. The zero-order valence-electron chi connectivity index (χ0n) is 17.4. The zero-order valence-corrected chi connectivity index (χ0v) is 18.3. The summed E-state index contributed by atoms with van der Waals surface area (Å²) >= 11 is 1.74. The lowest BCUT2D eigenvalue weighted by Gasteiger charge is -2.37. The molecule has 1 unspecified atom stereocenters. The molecule has 1 aliphatic heterocycles. The largest absolute Gasteiger partial charge is 0.494 e. The summed E-state index contributed by atoms with van der Waals surface area (Å²) < 4.78 is 5.62. The second-order valence-electron chi connectivity index (χ2n) is 7.62. The molecular formula is C23H29N3O2S. The molecule has 1 aliphatic rings. The van der Waals surface area contributed by atoms with Gasteiger partial charge in [-0.15, -0.1) is 11.3 Å². The van der Waals surface area contributed by atoms with Crippen molar-refractivity contribution in [2.75, 3.05) is 24.7 Å². The minimum absolute atomic E-state index is 0.211. The second-order valence-corrected chi connectivity index (χ2v) is 8.82. The molecule has 6 heteroatoms. The number of aryl methyl sites for hydroxylation is 2. The molecule has 3 heterocycles. The van der Waals surface area contributed by atoms with Crippen LogP contribution in [0, 0.1) is 13.8 Å². The molecule has 1 fully saturated rings. The number of aromatic nitrogens is 2. The lowest BCUT2D eigenvalue weighted by Crippen LogP contribution is -2.41. The number of hydrogen-bond donors (Lipinski definition) is 1. The number of anilines is 1. The average Bonchev–Trinajstić information content (AvgIpc) is 3.04. The molecule has 1 saturated heterocycles. The first-order chi connectivity index (χ1) is 14.1. The van der Waals surface area contributed by atoms with Crippen molar-refractivity contribution in [3.05, 3.63) is 35.0 Å². The van der Waals surface area contributed by atoms with Crippen LogP contribution in [0.4, 0.5) is 5.82 Å². The molecule has 0 saturated carbocycles. The standard InChI is InChI=1S/C23H29N3O2S/c1-4-28-19-10-8-17(9-11-19)20-15(2)29-23-21(20)22(24-16(3)25-23)26-13-6-5-7-18(26)12-14-27/h8-11,18,27H,4-7,12-14H2,1-3H3. The molecule has 4 rings (SSSR count). The van der Waals surface area contributed by atoms with Gasteiger partial charge < -0.3 is 14.7 Å². The minimum Gasteiger partial charge on any atom is -0.494 e. The van der Waals surface area contributed by atoms with Gasteiger partial charge in [0.2, 0.25) is 0 Å². The predicted molar refractivity (Wildman–Crippen MR) is 120 cm³/mol. The molecule has 154 valence electrons. The summed E-state index contributed by atoms with van der Waals surface area (Å²) in [5.41, 5.74) is 2.39. The van der Waals surface area contributed by atoms with Gasteiger partial charge in [0.1, 0.15) is 22.2 Å². The average molecular weight is 412 g/mol.